The maximum absolute atomic E-state index is 12.4. The fraction of sp³-hybridized carbons (Fsp3) is 0. The lowest BCUT2D eigenvalue weighted by Crippen LogP contribution is -2.17. The summed E-state index contributed by atoms with van der Waals surface area (Å²) >= 11 is 6.00. The summed E-state index contributed by atoms with van der Waals surface area (Å²) in [7, 11) is 0. The van der Waals surface area contributed by atoms with Crippen molar-refractivity contribution in [2.75, 3.05) is 0 Å². The molecule has 0 saturated carbocycles. The fourth-order valence-corrected chi connectivity index (χ4v) is 3.05. The summed E-state index contributed by atoms with van der Waals surface area (Å²) in [5.41, 5.74) is 4.00. The molecule has 0 unspecified atom stereocenters. The Morgan fingerprint density at radius 2 is 1.78 bits per heavy atom. The van der Waals surface area contributed by atoms with Gasteiger partial charge in [0.25, 0.3) is 5.91 Å². The summed E-state index contributed by atoms with van der Waals surface area (Å²) in [5, 5.41) is 6.53. The SMILES string of the molecule is O=C(N/N=C\c1ccc(-c2cccc(Cl)c2)o1)c1cccc2ccccc12. The fourth-order valence-electron chi connectivity index (χ4n) is 2.86. The number of hydrogen-bond donors (Lipinski definition) is 1. The Labute approximate surface area is 161 Å². The lowest BCUT2D eigenvalue weighted by atomic mass is 10.0. The van der Waals surface area contributed by atoms with Crippen LogP contribution in [0.1, 0.15) is 16.1 Å². The van der Waals surface area contributed by atoms with Crippen LogP contribution in [0.2, 0.25) is 5.02 Å². The molecule has 1 N–H and O–H groups in total. The van der Waals surface area contributed by atoms with E-state index in [-0.39, 0.29) is 5.91 Å². The first kappa shape index (κ1) is 17.1. The predicted molar refractivity (Wildman–Crippen MR) is 108 cm³/mol. The highest BCUT2D eigenvalue weighted by Crippen LogP contribution is 2.24. The van der Waals surface area contributed by atoms with E-state index in [0.29, 0.717) is 22.1 Å². The number of rotatable bonds is 4. The highest BCUT2D eigenvalue weighted by atomic mass is 35.5. The zero-order valence-corrected chi connectivity index (χ0v) is 15.0. The molecule has 3 aromatic carbocycles. The maximum atomic E-state index is 12.4. The summed E-state index contributed by atoms with van der Waals surface area (Å²) in [6.07, 6.45) is 1.47. The van der Waals surface area contributed by atoms with Gasteiger partial charge < -0.3 is 4.42 Å². The van der Waals surface area contributed by atoms with Crippen LogP contribution < -0.4 is 5.43 Å². The lowest BCUT2D eigenvalue weighted by Gasteiger charge is -2.04. The highest BCUT2D eigenvalue weighted by molar-refractivity contribution is 6.30. The molecular formula is C22H15ClN2O2. The van der Waals surface area contributed by atoms with E-state index in [1.54, 1.807) is 18.2 Å². The molecule has 0 saturated heterocycles. The molecule has 5 heteroatoms. The Balaban J connectivity index is 1.49. The Kier molecular flexibility index (Phi) is 4.73. The van der Waals surface area contributed by atoms with Gasteiger partial charge in [0.05, 0.1) is 6.21 Å². The molecule has 0 radical (unpaired) electrons. The first-order chi connectivity index (χ1) is 13.2. The van der Waals surface area contributed by atoms with Gasteiger partial charge in [-0.25, -0.2) is 5.43 Å². The van der Waals surface area contributed by atoms with Crippen LogP contribution in [0.25, 0.3) is 22.1 Å². The monoisotopic (exact) mass is 374 g/mol. The van der Waals surface area contributed by atoms with Gasteiger partial charge in [0.1, 0.15) is 11.5 Å². The molecule has 1 heterocycles. The third-order valence-corrected chi connectivity index (χ3v) is 4.36. The maximum Gasteiger partial charge on any atom is 0.271 e. The van der Waals surface area contributed by atoms with E-state index in [9.17, 15) is 4.79 Å². The van der Waals surface area contributed by atoms with Gasteiger partial charge in [0, 0.05) is 16.1 Å². The Hall–Kier alpha value is -3.37. The smallest absolute Gasteiger partial charge is 0.271 e. The first-order valence-electron chi connectivity index (χ1n) is 8.38. The number of carbonyl (C=O) groups excluding carboxylic acids is 1. The molecule has 0 aliphatic rings. The van der Waals surface area contributed by atoms with E-state index < -0.39 is 0 Å². The molecule has 1 aromatic heterocycles. The Bertz CT molecular complexity index is 1140. The number of hydrogen-bond acceptors (Lipinski definition) is 3. The molecule has 4 aromatic rings. The normalized spacial score (nSPS) is 11.1. The molecule has 0 fully saturated rings. The molecule has 4 nitrogen and oxygen atoms in total. The van der Waals surface area contributed by atoms with Gasteiger partial charge in [-0.05, 0) is 41.1 Å². The Morgan fingerprint density at radius 1 is 0.963 bits per heavy atom. The van der Waals surface area contributed by atoms with Gasteiger partial charge in [0.2, 0.25) is 0 Å². The molecule has 0 atom stereocenters. The third kappa shape index (κ3) is 3.76. The van der Waals surface area contributed by atoms with Gasteiger partial charge >= 0.3 is 0 Å². The number of hydrazone groups is 1. The van der Waals surface area contributed by atoms with Crippen LogP contribution >= 0.6 is 11.6 Å². The van der Waals surface area contributed by atoms with Gasteiger partial charge in [0.15, 0.2) is 0 Å². The number of furan rings is 1. The average Bonchev–Trinajstić information content (AvgIpc) is 3.16. The molecule has 0 aliphatic heterocycles. The molecule has 27 heavy (non-hydrogen) atoms. The van der Waals surface area contributed by atoms with E-state index in [0.717, 1.165) is 16.3 Å². The largest absolute Gasteiger partial charge is 0.455 e. The van der Waals surface area contributed by atoms with E-state index in [1.165, 1.54) is 6.21 Å². The van der Waals surface area contributed by atoms with Crippen molar-refractivity contribution in [3.05, 3.63) is 95.2 Å². The minimum atomic E-state index is -0.273. The van der Waals surface area contributed by atoms with Crippen LogP contribution in [0.15, 0.2) is 88.4 Å². The van der Waals surface area contributed by atoms with Gasteiger partial charge in [-0.3, -0.25) is 4.79 Å². The van der Waals surface area contributed by atoms with Crippen molar-refractivity contribution in [3.63, 3.8) is 0 Å². The van der Waals surface area contributed by atoms with Crippen molar-refractivity contribution in [1.29, 1.82) is 0 Å². The molecule has 132 valence electrons. The van der Waals surface area contributed by atoms with Gasteiger partial charge in [-0.15, -0.1) is 0 Å². The standard InChI is InChI=1S/C22H15ClN2O2/c23-17-8-3-7-16(13-17)21-12-11-18(27-21)14-24-25-22(26)20-10-4-6-15-5-1-2-9-19(15)20/h1-14H,(H,25,26)/b24-14-. The van der Waals surface area contributed by atoms with E-state index in [2.05, 4.69) is 10.5 Å². The second-order valence-electron chi connectivity index (χ2n) is 5.94. The summed E-state index contributed by atoms with van der Waals surface area (Å²) in [4.78, 5) is 12.4. The summed E-state index contributed by atoms with van der Waals surface area (Å²) < 4.78 is 5.72. The van der Waals surface area contributed by atoms with Crippen LogP contribution in [0.4, 0.5) is 0 Å². The van der Waals surface area contributed by atoms with E-state index >= 15 is 0 Å². The lowest BCUT2D eigenvalue weighted by molar-refractivity contribution is 0.0957. The number of halogens is 1. The number of benzene rings is 3. The summed E-state index contributed by atoms with van der Waals surface area (Å²) in [6.45, 7) is 0. The van der Waals surface area contributed by atoms with Crippen LogP contribution in [0.5, 0.6) is 0 Å². The van der Waals surface area contributed by atoms with E-state index in [1.807, 2.05) is 60.7 Å². The molecule has 4 rings (SSSR count). The third-order valence-electron chi connectivity index (χ3n) is 4.13. The van der Waals surface area contributed by atoms with Crippen LogP contribution in [-0.2, 0) is 0 Å². The molecule has 0 spiro atoms. The Morgan fingerprint density at radius 3 is 2.67 bits per heavy atom. The number of nitrogens with zero attached hydrogens (tertiary/aromatic N) is 1. The van der Waals surface area contributed by atoms with Crippen molar-refractivity contribution in [3.8, 4) is 11.3 Å². The molecule has 0 aliphatic carbocycles. The first-order valence-corrected chi connectivity index (χ1v) is 8.75. The minimum absolute atomic E-state index is 0.273. The van der Waals surface area contributed by atoms with E-state index in [4.69, 9.17) is 16.0 Å². The quantitative estimate of drug-likeness (QED) is 0.378. The number of amides is 1. The number of nitrogens with one attached hydrogen (secondary N) is 1. The number of carbonyl (C=O) groups is 1. The minimum Gasteiger partial charge on any atom is -0.455 e. The van der Waals surface area contributed by atoms with Crippen molar-refractivity contribution >= 4 is 34.5 Å². The topological polar surface area (TPSA) is 54.6 Å². The number of fused-ring (bicyclic) bond motifs is 1. The zero-order chi connectivity index (χ0) is 18.6. The van der Waals surface area contributed by atoms with Crippen molar-refractivity contribution < 1.29 is 9.21 Å². The second-order valence-corrected chi connectivity index (χ2v) is 6.37. The molecule has 0 bridgehead atoms. The highest BCUT2D eigenvalue weighted by Gasteiger charge is 2.09. The summed E-state index contributed by atoms with van der Waals surface area (Å²) in [6, 6.07) is 24.3. The van der Waals surface area contributed by atoms with Gasteiger partial charge in [-0.1, -0.05) is 60.1 Å². The van der Waals surface area contributed by atoms with Crippen LogP contribution in [0.3, 0.4) is 0 Å². The molecular weight excluding hydrogens is 360 g/mol. The average molecular weight is 375 g/mol. The van der Waals surface area contributed by atoms with Crippen molar-refractivity contribution in [2.24, 2.45) is 5.10 Å². The predicted octanol–water partition coefficient (Wildman–Crippen LogP) is 5.52. The van der Waals surface area contributed by atoms with Crippen molar-refractivity contribution in [2.45, 2.75) is 0 Å². The van der Waals surface area contributed by atoms with Gasteiger partial charge in [-0.2, -0.15) is 5.10 Å². The second kappa shape index (κ2) is 7.48. The van der Waals surface area contributed by atoms with Crippen LogP contribution in [0, 0.1) is 0 Å². The van der Waals surface area contributed by atoms with Crippen LogP contribution in [-0.4, -0.2) is 12.1 Å². The van der Waals surface area contributed by atoms with Crippen molar-refractivity contribution in [1.82, 2.24) is 5.43 Å². The molecule has 1 amide bonds. The zero-order valence-electron chi connectivity index (χ0n) is 14.2. The summed E-state index contributed by atoms with van der Waals surface area (Å²) in [5.74, 6) is 0.937.